The van der Waals surface area contributed by atoms with Crippen molar-refractivity contribution in [3.05, 3.63) is 23.8 Å². The lowest BCUT2D eigenvalue weighted by Crippen LogP contribution is -2.44. The molecule has 0 spiro atoms. The van der Waals surface area contributed by atoms with Crippen LogP contribution in [0.4, 0.5) is 49.9 Å². The van der Waals surface area contributed by atoms with Crippen LogP contribution >= 0.6 is 0 Å². The summed E-state index contributed by atoms with van der Waals surface area (Å²) in [6.45, 7) is 5.10. The predicted molar refractivity (Wildman–Crippen MR) is 131 cm³/mol. The zero-order valence-electron chi connectivity index (χ0n) is 21.4. The summed E-state index contributed by atoms with van der Waals surface area (Å²) in [4.78, 5) is 16.9. The van der Waals surface area contributed by atoms with Crippen molar-refractivity contribution in [2.75, 3.05) is 48.9 Å². The third kappa shape index (κ3) is 7.97. The van der Waals surface area contributed by atoms with Crippen LogP contribution < -0.4 is 20.7 Å². The fourth-order valence-corrected chi connectivity index (χ4v) is 4.96. The molecule has 2 aliphatic rings. The minimum Gasteiger partial charge on any atom is -0.405 e. The van der Waals surface area contributed by atoms with Gasteiger partial charge in [-0.3, -0.25) is 4.90 Å². The van der Waals surface area contributed by atoms with Gasteiger partial charge in [-0.1, -0.05) is 26.2 Å². The van der Waals surface area contributed by atoms with Gasteiger partial charge >= 0.3 is 12.5 Å². The quantitative estimate of drug-likeness (QED) is 0.400. The van der Waals surface area contributed by atoms with E-state index in [1.165, 1.54) is 6.42 Å². The van der Waals surface area contributed by atoms with Gasteiger partial charge in [0.15, 0.2) is 0 Å². The number of likely N-dealkylation sites (N-methyl/N-ethyl adjacent to an activating group) is 1. The molecule has 2 fully saturated rings. The topological polar surface area (TPSA) is 102 Å². The molecule has 2 aromatic rings. The van der Waals surface area contributed by atoms with Crippen molar-refractivity contribution in [3.8, 4) is 5.75 Å². The van der Waals surface area contributed by atoms with Crippen molar-refractivity contribution >= 4 is 23.5 Å². The first kappa shape index (κ1) is 28.9. The van der Waals surface area contributed by atoms with Gasteiger partial charge in [-0.15, -0.1) is 13.2 Å². The lowest BCUT2D eigenvalue weighted by molar-refractivity contribution is -0.276. The Morgan fingerprint density at radius 1 is 1.08 bits per heavy atom. The molecule has 1 saturated heterocycles. The molecule has 1 aliphatic carbocycles. The number of nitrogens with one attached hydrogen (secondary N) is 1. The fourth-order valence-electron chi connectivity index (χ4n) is 4.96. The molecule has 0 amide bonds. The Morgan fingerprint density at radius 2 is 1.82 bits per heavy atom. The Morgan fingerprint density at radius 3 is 2.49 bits per heavy atom. The van der Waals surface area contributed by atoms with Gasteiger partial charge in [0.2, 0.25) is 17.8 Å². The van der Waals surface area contributed by atoms with Crippen molar-refractivity contribution in [1.29, 1.82) is 0 Å². The van der Waals surface area contributed by atoms with Gasteiger partial charge in [0.05, 0.1) is 24.9 Å². The van der Waals surface area contributed by atoms with Crippen LogP contribution in [0.5, 0.6) is 5.75 Å². The van der Waals surface area contributed by atoms with E-state index in [0.717, 1.165) is 38.3 Å². The Bertz CT molecular complexity index is 1110. The van der Waals surface area contributed by atoms with Gasteiger partial charge in [-0.2, -0.15) is 28.1 Å². The zero-order chi connectivity index (χ0) is 28.2. The molecule has 3 N–H and O–H groups in total. The first-order chi connectivity index (χ1) is 18.4. The molecule has 39 heavy (non-hydrogen) atoms. The van der Waals surface area contributed by atoms with Crippen LogP contribution in [0.15, 0.2) is 18.2 Å². The SMILES string of the molecule is CCN1COCC1CN(CC1CCCCC1)c1nc(N)nc(Nc2ccc(OC(F)(F)F)c(C(F)(F)F)c2)n1. The summed E-state index contributed by atoms with van der Waals surface area (Å²) in [7, 11) is 0. The predicted octanol–water partition coefficient (Wildman–Crippen LogP) is 5.18. The van der Waals surface area contributed by atoms with Gasteiger partial charge in [-0.05, 0) is 43.5 Å². The number of halogens is 6. The van der Waals surface area contributed by atoms with Crippen molar-refractivity contribution in [2.45, 2.75) is 57.6 Å². The van der Waals surface area contributed by atoms with E-state index in [-0.39, 0.29) is 29.6 Å². The summed E-state index contributed by atoms with van der Waals surface area (Å²) in [5.41, 5.74) is 4.14. The maximum Gasteiger partial charge on any atom is 0.573 e. The minimum atomic E-state index is -5.29. The maximum absolute atomic E-state index is 13.5. The molecule has 1 unspecified atom stereocenters. The highest BCUT2D eigenvalue weighted by Gasteiger charge is 2.39. The lowest BCUT2D eigenvalue weighted by atomic mass is 9.89. The highest BCUT2D eigenvalue weighted by Crippen LogP contribution is 2.40. The van der Waals surface area contributed by atoms with Gasteiger partial charge in [0.1, 0.15) is 5.75 Å². The van der Waals surface area contributed by atoms with E-state index < -0.39 is 23.9 Å². The monoisotopic (exact) mass is 563 g/mol. The minimum absolute atomic E-state index is 0.0866. The van der Waals surface area contributed by atoms with Crippen LogP contribution in [0.3, 0.4) is 0 Å². The second kappa shape index (κ2) is 12.0. The summed E-state index contributed by atoms with van der Waals surface area (Å²) in [6.07, 6.45) is -4.81. The second-order valence-electron chi connectivity index (χ2n) is 9.67. The van der Waals surface area contributed by atoms with Crippen LogP contribution in [0.25, 0.3) is 0 Å². The van der Waals surface area contributed by atoms with Crippen molar-refractivity contribution < 1.29 is 35.8 Å². The molecule has 1 saturated carbocycles. The molecule has 2 heterocycles. The number of hydrogen-bond acceptors (Lipinski definition) is 9. The van der Waals surface area contributed by atoms with Gasteiger partial charge in [0.25, 0.3) is 0 Å². The van der Waals surface area contributed by atoms with Crippen LogP contribution in [-0.2, 0) is 10.9 Å². The third-order valence-corrected chi connectivity index (χ3v) is 6.81. The second-order valence-corrected chi connectivity index (χ2v) is 9.67. The first-order valence-corrected chi connectivity index (χ1v) is 12.7. The summed E-state index contributed by atoms with van der Waals surface area (Å²) in [5, 5.41) is 2.62. The summed E-state index contributed by atoms with van der Waals surface area (Å²) in [6, 6.07) is 2.17. The number of nitrogens with zero attached hydrogens (tertiary/aromatic N) is 5. The number of anilines is 4. The summed E-state index contributed by atoms with van der Waals surface area (Å²) < 4.78 is 87.5. The van der Waals surface area contributed by atoms with E-state index in [0.29, 0.717) is 44.5 Å². The van der Waals surface area contributed by atoms with Crippen LogP contribution in [0, 0.1) is 5.92 Å². The molecule has 0 bridgehead atoms. The van der Waals surface area contributed by atoms with Crippen molar-refractivity contribution in [1.82, 2.24) is 19.9 Å². The Kier molecular flexibility index (Phi) is 8.89. The molecule has 216 valence electrons. The maximum atomic E-state index is 13.5. The highest BCUT2D eigenvalue weighted by molar-refractivity contribution is 5.59. The van der Waals surface area contributed by atoms with E-state index in [9.17, 15) is 26.3 Å². The molecule has 4 rings (SSSR count). The zero-order valence-corrected chi connectivity index (χ0v) is 21.4. The Balaban J connectivity index is 1.61. The number of nitrogen functional groups attached to an aromatic ring is 1. The largest absolute Gasteiger partial charge is 0.573 e. The number of aromatic nitrogens is 3. The van der Waals surface area contributed by atoms with Crippen molar-refractivity contribution in [2.24, 2.45) is 5.92 Å². The van der Waals surface area contributed by atoms with E-state index in [4.69, 9.17) is 10.5 Å². The van der Waals surface area contributed by atoms with E-state index in [1.807, 2.05) is 11.8 Å². The van der Waals surface area contributed by atoms with Crippen molar-refractivity contribution in [3.63, 3.8) is 0 Å². The fraction of sp³-hybridized carbons (Fsp3) is 0.625. The molecule has 1 aromatic carbocycles. The normalized spacial score (nSPS) is 19.3. The Labute approximate surface area is 221 Å². The highest BCUT2D eigenvalue weighted by atomic mass is 19.4. The number of rotatable bonds is 9. The first-order valence-electron chi connectivity index (χ1n) is 12.7. The van der Waals surface area contributed by atoms with Crippen LogP contribution in [0.1, 0.15) is 44.6 Å². The molecule has 15 heteroatoms. The molecule has 0 radical (unpaired) electrons. The average molecular weight is 564 g/mol. The smallest absolute Gasteiger partial charge is 0.405 e. The van der Waals surface area contributed by atoms with Crippen LogP contribution in [0.2, 0.25) is 0 Å². The van der Waals surface area contributed by atoms with Gasteiger partial charge in [0, 0.05) is 18.8 Å². The molecule has 1 aliphatic heterocycles. The molecule has 9 nitrogen and oxygen atoms in total. The number of benzene rings is 1. The van der Waals surface area contributed by atoms with E-state index >= 15 is 0 Å². The number of nitrogens with two attached hydrogens (primary N) is 1. The number of ether oxygens (including phenoxy) is 2. The third-order valence-electron chi connectivity index (χ3n) is 6.81. The lowest BCUT2D eigenvalue weighted by Gasteiger charge is -2.33. The standard InChI is InChI=1S/C24H31F6N7O2/c1-2-36-14-38-13-17(36)12-37(11-15-6-4-3-5-7-15)22-34-20(31)33-21(35-22)32-16-8-9-19(39-24(28,29)30)18(10-16)23(25,26)27/h8-10,15,17H,2-7,11-14H2,1H3,(H3,31,32,33,34,35). The van der Waals surface area contributed by atoms with Gasteiger partial charge < -0.3 is 25.4 Å². The average Bonchev–Trinajstić information content (AvgIpc) is 3.30. The number of hydrogen-bond donors (Lipinski definition) is 2. The molecular formula is C24H31F6N7O2. The summed E-state index contributed by atoms with van der Waals surface area (Å²) >= 11 is 0. The Hall–Kier alpha value is -3.07. The van der Waals surface area contributed by atoms with E-state index in [2.05, 4.69) is 29.9 Å². The summed E-state index contributed by atoms with van der Waals surface area (Å²) in [5.74, 6) is -0.986. The van der Waals surface area contributed by atoms with E-state index in [1.54, 1.807) is 0 Å². The number of alkyl halides is 6. The molecular weight excluding hydrogens is 532 g/mol. The molecule has 1 aromatic heterocycles. The molecule has 1 atom stereocenters. The van der Waals surface area contributed by atoms with Crippen LogP contribution in [-0.4, -0.2) is 65.2 Å². The van der Waals surface area contributed by atoms with Gasteiger partial charge in [-0.25, -0.2) is 0 Å².